The van der Waals surface area contributed by atoms with Gasteiger partial charge < -0.3 is 0 Å². The van der Waals surface area contributed by atoms with Gasteiger partial charge in [-0.3, -0.25) is 4.90 Å². The molecule has 1 atom stereocenters. The van der Waals surface area contributed by atoms with Gasteiger partial charge in [0.05, 0.1) is 6.07 Å². The van der Waals surface area contributed by atoms with E-state index in [0.717, 1.165) is 13.0 Å². The predicted molar refractivity (Wildman–Crippen MR) is 71.8 cm³/mol. The van der Waals surface area contributed by atoms with Crippen LogP contribution in [0.3, 0.4) is 0 Å². The van der Waals surface area contributed by atoms with E-state index >= 15 is 0 Å². The van der Waals surface area contributed by atoms with Crippen LogP contribution in [0.15, 0.2) is 42.0 Å². The lowest BCUT2D eigenvalue weighted by Crippen LogP contribution is -2.38. The number of nitriles is 1. The summed E-state index contributed by atoms with van der Waals surface area (Å²) in [6.07, 6.45) is 5.30. The number of piperidine rings is 1. The molecule has 0 radical (unpaired) electrons. The Morgan fingerprint density at radius 1 is 1.33 bits per heavy atom. The Morgan fingerprint density at radius 2 is 2.06 bits per heavy atom. The SMILES string of the molecule is CN1CC/C(=C\C#N)C2(CC2)C1c1ccccc1. The average Bonchev–Trinajstić information content (AvgIpc) is 3.16. The highest BCUT2D eigenvalue weighted by atomic mass is 15.2. The quantitative estimate of drug-likeness (QED) is 0.702. The normalized spacial score (nSPS) is 28.2. The summed E-state index contributed by atoms with van der Waals surface area (Å²) in [4.78, 5) is 2.46. The van der Waals surface area contributed by atoms with Gasteiger partial charge in [0.2, 0.25) is 0 Å². The minimum absolute atomic E-state index is 0.254. The molecule has 1 aliphatic carbocycles. The van der Waals surface area contributed by atoms with Crippen molar-refractivity contribution < 1.29 is 0 Å². The van der Waals surface area contributed by atoms with Gasteiger partial charge in [-0.05, 0) is 31.9 Å². The third-order valence-electron chi connectivity index (χ3n) is 4.48. The molecule has 0 bridgehead atoms. The number of nitrogens with zero attached hydrogens (tertiary/aromatic N) is 2. The Balaban J connectivity index is 2.02. The molecule has 1 aliphatic heterocycles. The Hall–Kier alpha value is -1.59. The fraction of sp³-hybridized carbons (Fsp3) is 0.438. The first-order valence-corrected chi connectivity index (χ1v) is 6.62. The lowest BCUT2D eigenvalue weighted by atomic mass is 9.78. The van der Waals surface area contributed by atoms with Crippen molar-refractivity contribution in [3.8, 4) is 6.07 Å². The summed E-state index contributed by atoms with van der Waals surface area (Å²) in [6.45, 7) is 1.05. The van der Waals surface area contributed by atoms with E-state index < -0.39 is 0 Å². The summed E-state index contributed by atoms with van der Waals surface area (Å²) in [7, 11) is 2.21. The number of hydrogen-bond donors (Lipinski definition) is 0. The van der Waals surface area contributed by atoms with Gasteiger partial charge in [0.1, 0.15) is 0 Å². The van der Waals surface area contributed by atoms with Crippen LogP contribution in [-0.2, 0) is 0 Å². The fourth-order valence-electron chi connectivity index (χ4n) is 3.50. The summed E-state index contributed by atoms with van der Waals surface area (Å²) in [5.74, 6) is 0. The Labute approximate surface area is 109 Å². The lowest BCUT2D eigenvalue weighted by molar-refractivity contribution is 0.147. The summed E-state index contributed by atoms with van der Waals surface area (Å²) >= 11 is 0. The summed E-state index contributed by atoms with van der Waals surface area (Å²) in [6, 6.07) is 13.4. The van der Waals surface area contributed by atoms with E-state index in [4.69, 9.17) is 5.26 Å². The molecule has 0 aromatic heterocycles. The van der Waals surface area contributed by atoms with Crippen LogP contribution in [0.25, 0.3) is 0 Å². The van der Waals surface area contributed by atoms with E-state index in [-0.39, 0.29) is 5.41 Å². The van der Waals surface area contributed by atoms with Gasteiger partial charge in [-0.2, -0.15) is 5.26 Å². The Kier molecular flexibility index (Phi) is 2.72. The topological polar surface area (TPSA) is 27.0 Å². The first-order valence-electron chi connectivity index (χ1n) is 6.62. The zero-order chi connectivity index (χ0) is 12.6. The molecule has 0 N–H and O–H groups in total. The maximum atomic E-state index is 8.96. The molecule has 3 rings (SSSR count). The first-order chi connectivity index (χ1) is 8.78. The van der Waals surface area contributed by atoms with Crippen LogP contribution in [0.4, 0.5) is 0 Å². The van der Waals surface area contributed by atoms with Gasteiger partial charge in [-0.15, -0.1) is 0 Å². The molecule has 1 unspecified atom stereocenters. The lowest BCUT2D eigenvalue weighted by Gasteiger charge is -2.41. The number of rotatable bonds is 1. The first kappa shape index (κ1) is 11.5. The van der Waals surface area contributed by atoms with Crippen LogP contribution >= 0.6 is 0 Å². The minimum atomic E-state index is 0.254. The molecule has 0 amide bonds. The number of benzene rings is 1. The fourth-order valence-corrected chi connectivity index (χ4v) is 3.50. The zero-order valence-corrected chi connectivity index (χ0v) is 10.8. The monoisotopic (exact) mass is 238 g/mol. The molecule has 1 spiro atoms. The second-order valence-electron chi connectivity index (χ2n) is 5.50. The molecular formula is C16H18N2. The van der Waals surface area contributed by atoms with Crippen LogP contribution in [-0.4, -0.2) is 18.5 Å². The van der Waals surface area contributed by atoms with Crippen molar-refractivity contribution in [2.75, 3.05) is 13.6 Å². The Morgan fingerprint density at radius 3 is 2.67 bits per heavy atom. The molecule has 2 heteroatoms. The number of hydrogen-bond acceptors (Lipinski definition) is 2. The molecule has 1 saturated carbocycles. The molecule has 2 fully saturated rings. The van der Waals surface area contributed by atoms with Gasteiger partial charge in [0, 0.05) is 24.1 Å². The van der Waals surface area contributed by atoms with E-state index in [1.807, 2.05) is 0 Å². The maximum absolute atomic E-state index is 8.96. The Bertz CT molecular complexity index is 506. The van der Waals surface area contributed by atoms with Gasteiger partial charge >= 0.3 is 0 Å². The molecule has 1 saturated heterocycles. The average molecular weight is 238 g/mol. The minimum Gasteiger partial charge on any atom is -0.298 e. The van der Waals surface area contributed by atoms with Crippen LogP contribution in [0, 0.1) is 16.7 Å². The zero-order valence-electron chi connectivity index (χ0n) is 10.8. The second-order valence-corrected chi connectivity index (χ2v) is 5.50. The van der Waals surface area contributed by atoms with Crippen molar-refractivity contribution in [1.82, 2.24) is 4.90 Å². The van der Waals surface area contributed by atoms with Gasteiger partial charge in [0.25, 0.3) is 0 Å². The molecule has 2 nitrogen and oxygen atoms in total. The predicted octanol–water partition coefficient (Wildman–Crippen LogP) is 3.29. The van der Waals surface area contributed by atoms with Crippen LogP contribution < -0.4 is 0 Å². The van der Waals surface area contributed by atoms with Crippen molar-refractivity contribution in [2.24, 2.45) is 5.41 Å². The van der Waals surface area contributed by atoms with E-state index in [2.05, 4.69) is 48.3 Å². The molecule has 1 aromatic carbocycles. The molecule has 1 heterocycles. The highest BCUT2D eigenvalue weighted by Crippen LogP contribution is 2.64. The van der Waals surface area contributed by atoms with Gasteiger partial charge in [-0.1, -0.05) is 35.9 Å². The second kappa shape index (κ2) is 4.26. The van der Waals surface area contributed by atoms with E-state index in [1.54, 1.807) is 6.08 Å². The highest BCUT2D eigenvalue weighted by Gasteiger charge is 2.55. The summed E-state index contributed by atoms with van der Waals surface area (Å²) in [5, 5.41) is 8.96. The summed E-state index contributed by atoms with van der Waals surface area (Å²) < 4.78 is 0. The van der Waals surface area contributed by atoms with E-state index in [1.165, 1.54) is 24.0 Å². The van der Waals surface area contributed by atoms with E-state index in [0.29, 0.717) is 6.04 Å². The molecular weight excluding hydrogens is 220 g/mol. The van der Waals surface area contributed by atoms with Crippen molar-refractivity contribution in [2.45, 2.75) is 25.3 Å². The van der Waals surface area contributed by atoms with Crippen LogP contribution in [0.2, 0.25) is 0 Å². The third-order valence-corrected chi connectivity index (χ3v) is 4.48. The van der Waals surface area contributed by atoms with Crippen molar-refractivity contribution in [3.63, 3.8) is 0 Å². The van der Waals surface area contributed by atoms with Crippen molar-refractivity contribution >= 4 is 0 Å². The third kappa shape index (κ3) is 1.67. The maximum Gasteiger partial charge on any atom is 0.0911 e. The molecule has 1 aromatic rings. The standard InChI is InChI=1S/C16H18N2/c1-18-12-8-14(7-11-17)16(9-10-16)15(18)13-5-3-2-4-6-13/h2-7,15H,8-10,12H2,1H3/b14-7+. The van der Waals surface area contributed by atoms with Crippen molar-refractivity contribution in [3.05, 3.63) is 47.5 Å². The highest BCUT2D eigenvalue weighted by molar-refractivity contribution is 5.37. The number of likely N-dealkylation sites (tertiary alicyclic amines) is 1. The number of allylic oxidation sites excluding steroid dienone is 1. The smallest absolute Gasteiger partial charge is 0.0911 e. The van der Waals surface area contributed by atoms with Crippen LogP contribution in [0.1, 0.15) is 30.9 Å². The van der Waals surface area contributed by atoms with Gasteiger partial charge in [-0.25, -0.2) is 0 Å². The van der Waals surface area contributed by atoms with Gasteiger partial charge in [0.15, 0.2) is 0 Å². The molecule has 2 aliphatic rings. The molecule has 18 heavy (non-hydrogen) atoms. The van der Waals surface area contributed by atoms with E-state index in [9.17, 15) is 0 Å². The van der Waals surface area contributed by atoms with Crippen LogP contribution in [0.5, 0.6) is 0 Å². The molecule has 92 valence electrons. The summed E-state index contributed by atoms with van der Waals surface area (Å²) in [5.41, 5.74) is 3.02. The largest absolute Gasteiger partial charge is 0.298 e. The van der Waals surface area contributed by atoms with Crippen molar-refractivity contribution in [1.29, 1.82) is 5.26 Å².